The normalized spacial score (nSPS) is 27.2. The van der Waals surface area contributed by atoms with Crippen LogP contribution in [0.3, 0.4) is 0 Å². The van der Waals surface area contributed by atoms with Crippen molar-refractivity contribution in [3.8, 4) is 5.75 Å². The van der Waals surface area contributed by atoms with Gasteiger partial charge < -0.3 is 19.5 Å². The molecule has 28 heavy (non-hydrogen) atoms. The van der Waals surface area contributed by atoms with Crippen molar-refractivity contribution in [1.29, 1.82) is 0 Å². The van der Waals surface area contributed by atoms with Crippen LogP contribution in [0.15, 0.2) is 18.2 Å². The number of rotatable bonds is 4. The molecule has 2 atom stereocenters. The number of nitrogens with zero attached hydrogens (tertiary/aromatic N) is 1. The number of carbonyl (C=O) groups excluding carboxylic acids is 1. The number of hydrogen-bond acceptors (Lipinski definition) is 4. The number of carbonyl (C=O) groups is 1. The summed E-state index contributed by atoms with van der Waals surface area (Å²) in [5.74, 6) is 1.55. The molecule has 2 heterocycles. The van der Waals surface area contributed by atoms with Gasteiger partial charge >= 0.3 is 0 Å². The largest absolute Gasteiger partial charge is 0.491 e. The van der Waals surface area contributed by atoms with E-state index in [1.807, 2.05) is 43.9 Å². The molecule has 1 aromatic carbocycles. The fourth-order valence-corrected chi connectivity index (χ4v) is 4.75. The second kappa shape index (κ2) is 7.68. The molecule has 1 N–H and O–H groups in total. The predicted molar refractivity (Wildman–Crippen MR) is 108 cm³/mol. The lowest BCUT2D eigenvalue weighted by Gasteiger charge is -2.48. The molecule has 5 heteroatoms. The summed E-state index contributed by atoms with van der Waals surface area (Å²) >= 11 is 0. The molecule has 1 spiro atoms. The molecule has 1 saturated carbocycles. The molecule has 3 aliphatic rings. The molecular weight excluding hydrogens is 354 g/mol. The monoisotopic (exact) mass is 387 g/mol. The summed E-state index contributed by atoms with van der Waals surface area (Å²) in [6.45, 7) is 7.35. The Balaban J connectivity index is 1.39. The third-order valence-electron chi connectivity index (χ3n) is 6.41. The van der Waals surface area contributed by atoms with Crippen LogP contribution in [0.4, 0.5) is 0 Å². The molecule has 0 radical (unpaired) electrons. The summed E-state index contributed by atoms with van der Waals surface area (Å²) in [7, 11) is 0. The van der Waals surface area contributed by atoms with E-state index in [1.165, 1.54) is 12.8 Å². The SMILES string of the molecule is Cc1cc(C(=O)N2CCC3(CC2)C[C@@H](O)C[C@H](C2CC2)O3)ccc1OC(C)C. The number of benzene rings is 1. The van der Waals surface area contributed by atoms with Crippen LogP contribution in [-0.4, -0.2) is 52.9 Å². The standard InChI is InChI=1S/C23H33NO4/c1-15(2)27-20-7-6-18(12-16(20)3)22(26)24-10-8-23(9-11-24)14-19(25)13-21(28-23)17-4-5-17/h6-7,12,15,17,19,21,25H,4-5,8-11,13-14H2,1-3H3/t19-,21+/m0/s1. The molecule has 3 fully saturated rings. The van der Waals surface area contributed by atoms with Crippen molar-refractivity contribution in [2.24, 2.45) is 5.92 Å². The van der Waals surface area contributed by atoms with Crippen LogP contribution >= 0.6 is 0 Å². The highest BCUT2D eigenvalue weighted by molar-refractivity contribution is 5.94. The Morgan fingerprint density at radius 1 is 1.29 bits per heavy atom. The van der Waals surface area contributed by atoms with Gasteiger partial charge in [0.1, 0.15) is 5.75 Å². The van der Waals surface area contributed by atoms with Gasteiger partial charge in [-0.05, 0) is 82.6 Å². The average molecular weight is 388 g/mol. The van der Waals surface area contributed by atoms with Crippen molar-refractivity contribution < 1.29 is 19.4 Å². The van der Waals surface area contributed by atoms with Gasteiger partial charge in [-0.25, -0.2) is 0 Å². The van der Waals surface area contributed by atoms with Crippen LogP contribution in [0.1, 0.15) is 68.3 Å². The van der Waals surface area contributed by atoms with Crippen molar-refractivity contribution in [3.63, 3.8) is 0 Å². The van der Waals surface area contributed by atoms with Crippen LogP contribution in [0.5, 0.6) is 5.75 Å². The molecular formula is C23H33NO4. The van der Waals surface area contributed by atoms with Crippen LogP contribution < -0.4 is 4.74 Å². The zero-order valence-electron chi connectivity index (χ0n) is 17.3. The van der Waals surface area contributed by atoms with E-state index >= 15 is 0 Å². The number of aliphatic hydroxyl groups excluding tert-OH is 1. The molecule has 0 aromatic heterocycles. The predicted octanol–water partition coefficient (Wildman–Crippen LogP) is 3.71. The van der Waals surface area contributed by atoms with Gasteiger partial charge in [0.2, 0.25) is 0 Å². The van der Waals surface area contributed by atoms with Crippen molar-refractivity contribution in [2.45, 2.75) is 83.2 Å². The molecule has 0 bridgehead atoms. The Labute approximate surface area is 168 Å². The number of aryl methyl sites for hydroxylation is 1. The van der Waals surface area contributed by atoms with Gasteiger partial charge in [0.15, 0.2) is 0 Å². The number of ether oxygens (including phenoxy) is 2. The van der Waals surface area contributed by atoms with Gasteiger partial charge in [-0.3, -0.25) is 4.79 Å². The quantitative estimate of drug-likeness (QED) is 0.856. The first-order valence-corrected chi connectivity index (χ1v) is 10.8. The van der Waals surface area contributed by atoms with Crippen LogP contribution in [-0.2, 0) is 4.74 Å². The van der Waals surface area contributed by atoms with Crippen LogP contribution in [0.2, 0.25) is 0 Å². The average Bonchev–Trinajstić information content (AvgIpc) is 3.48. The molecule has 1 aliphatic carbocycles. The van der Waals surface area contributed by atoms with Gasteiger partial charge in [0.25, 0.3) is 5.91 Å². The molecule has 5 nitrogen and oxygen atoms in total. The first kappa shape index (κ1) is 19.7. The fraction of sp³-hybridized carbons (Fsp3) is 0.696. The highest BCUT2D eigenvalue weighted by Gasteiger charge is 2.47. The van der Waals surface area contributed by atoms with Crippen molar-refractivity contribution in [2.75, 3.05) is 13.1 Å². The van der Waals surface area contributed by atoms with Crippen LogP contribution in [0.25, 0.3) is 0 Å². The Morgan fingerprint density at radius 3 is 2.61 bits per heavy atom. The maximum Gasteiger partial charge on any atom is 0.253 e. The zero-order chi connectivity index (χ0) is 19.9. The first-order valence-electron chi connectivity index (χ1n) is 10.8. The van der Waals surface area contributed by atoms with Gasteiger partial charge in [0, 0.05) is 25.1 Å². The first-order chi connectivity index (χ1) is 13.3. The minimum absolute atomic E-state index is 0.0733. The van der Waals surface area contributed by atoms with E-state index in [-0.39, 0.29) is 29.8 Å². The zero-order valence-corrected chi connectivity index (χ0v) is 17.3. The van der Waals surface area contributed by atoms with Gasteiger partial charge in [-0.15, -0.1) is 0 Å². The van der Waals surface area contributed by atoms with E-state index in [1.54, 1.807) is 0 Å². The number of likely N-dealkylation sites (tertiary alicyclic amines) is 1. The van der Waals surface area contributed by atoms with E-state index in [0.29, 0.717) is 31.0 Å². The van der Waals surface area contributed by atoms with Crippen molar-refractivity contribution in [3.05, 3.63) is 29.3 Å². The van der Waals surface area contributed by atoms with Crippen molar-refractivity contribution >= 4 is 5.91 Å². The Bertz CT molecular complexity index is 719. The molecule has 1 aromatic rings. The van der Waals surface area contributed by atoms with E-state index in [9.17, 15) is 9.90 Å². The Morgan fingerprint density at radius 2 is 2.00 bits per heavy atom. The van der Waals surface area contributed by atoms with E-state index in [0.717, 1.165) is 30.6 Å². The van der Waals surface area contributed by atoms with Crippen LogP contribution in [0, 0.1) is 12.8 Å². The highest BCUT2D eigenvalue weighted by Crippen LogP contribution is 2.45. The molecule has 2 aliphatic heterocycles. The fourth-order valence-electron chi connectivity index (χ4n) is 4.75. The molecule has 1 amide bonds. The minimum Gasteiger partial charge on any atom is -0.491 e. The topological polar surface area (TPSA) is 59.0 Å². The summed E-state index contributed by atoms with van der Waals surface area (Å²) < 4.78 is 12.3. The molecule has 2 saturated heterocycles. The Kier molecular flexibility index (Phi) is 5.41. The summed E-state index contributed by atoms with van der Waals surface area (Å²) in [6, 6.07) is 5.69. The number of aliphatic hydroxyl groups is 1. The lowest BCUT2D eigenvalue weighted by Crippen LogP contribution is -2.54. The van der Waals surface area contributed by atoms with Gasteiger partial charge in [0.05, 0.1) is 23.9 Å². The maximum absolute atomic E-state index is 13.0. The molecule has 4 rings (SSSR count). The second-order valence-corrected chi connectivity index (χ2v) is 9.21. The molecule has 154 valence electrons. The Hall–Kier alpha value is -1.59. The summed E-state index contributed by atoms with van der Waals surface area (Å²) in [4.78, 5) is 14.9. The third-order valence-corrected chi connectivity index (χ3v) is 6.41. The summed E-state index contributed by atoms with van der Waals surface area (Å²) in [6.07, 6.45) is 5.63. The maximum atomic E-state index is 13.0. The van der Waals surface area contributed by atoms with E-state index in [2.05, 4.69) is 0 Å². The summed E-state index contributed by atoms with van der Waals surface area (Å²) in [5, 5.41) is 10.4. The van der Waals surface area contributed by atoms with Gasteiger partial charge in [-0.1, -0.05) is 0 Å². The number of hydrogen-bond donors (Lipinski definition) is 1. The lowest BCUT2D eigenvalue weighted by molar-refractivity contribution is -0.184. The second-order valence-electron chi connectivity index (χ2n) is 9.21. The lowest BCUT2D eigenvalue weighted by atomic mass is 9.81. The van der Waals surface area contributed by atoms with Crippen molar-refractivity contribution in [1.82, 2.24) is 4.90 Å². The highest BCUT2D eigenvalue weighted by atomic mass is 16.5. The third kappa shape index (κ3) is 4.20. The summed E-state index contributed by atoms with van der Waals surface area (Å²) in [5.41, 5.74) is 1.45. The van der Waals surface area contributed by atoms with E-state index in [4.69, 9.17) is 9.47 Å². The molecule has 0 unspecified atom stereocenters. The van der Waals surface area contributed by atoms with E-state index < -0.39 is 0 Å². The number of amides is 1. The van der Waals surface area contributed by atoms with Gasteiger partial charge in [-0.2, -0.15) is 0 Å². The smallest absolute Gasteiger partial charge is 0.253 e. The minimum atomic E-state index is -0.266. The number of piperidine rings is 1.